The van der Waals surface area contributed by atoms with Gasteiger partial charge in [0.25, 0.3) is 5.69 Å². The Bertz CT molecular complexity index is 1050. The maximum atomic E-state index is 13.3. The van der Waals surface area contributed by atoms with Gasteiger partial charge >= 0.3 is 18.3 Å². The molecule has 0 fully saturated rings. The summed E-state index contributed by atoms with van der Waals surface area (Å²) in [5, 5.41) is 10.8. The first-order chi connectivity index (χ1) is 15.0. The number of alkyl halides is 6. The molecular formula is C20H16F6N2O4S. The maximum Gasteiger partial charge on any atom is 0.416 e. The van der Waals surface area contributed by atoms with Crippen molar-refractivity contribution in [3.63, 3.8) is 0 Å². The summed E-state index contributed by atoms with van der Waals surface area (Å²) >= 11 is 5.19. The minimum atomic E-state index is -5.13. The Morgan fingerprint density at radius 3 is 1.73 bits per heavy atom. The summed E-state index contributed by atoms with van der Waals surface area (Å²) in [7, 11) is 2.75. The summed E-state index contributed by atoms with van der Waals surface area (Å²) < 4.78 is 85.4. The van der Waals surface area contributed by atoms with Crippen LogP contribution in [0.15, 0.2) is 42.5 Å². The van der Waals surface area contributed by atoms with Crippen LogP contribution in [0, 0.1) is 10.1 Å². The van der Waals surface area contributed by atoms with Crippen LogP contribution in [0.2, 0.25) is 0 Å². The second-order valence-electron chi connectivity index (χ2n) is 7.22. The van der Waals surface area contributed by atoms with E-state index >= 15 is 0 Å². The lowest BCUT2D eigenvalue weighted by molar-refractivity contribution is -0.384. The fourth-order valence-electron chi connectivity index (χ4n) is 2.85. The molecule has 1 unspecified atom stereocenters. The predicted octanol–water partition coefficient (Wildman–Crippen LogP) is 5.59. The number of hydrogen-bond donors (Lipinski definition) is 0. The minimum absolute atomic E-state index is 0.0548. The first-order valence-corrected chi connectivity index (χ1v) is 9.37. The number of hydrogen-bond acceptors (Lipinski definition) is 5. The lowest BCUT2D eigenvalue weighted by Crippen LogP contribution is -2.44. The number of carbonyl (C=O) groups is 1. The molecule has 0 saturated heterocycles. The van der Waals surface area contributed by atoms with E-state index in [2.05, 4.69) is 0 Å². The average Bonchev–Trinajstić information content (AvgIpc) is 2.71. The molecule has 0 aliphatic heterocycles. The number of non-ortho nitro benzene ring substituents is 1. The number of ether oxygens (including phenoxy) is 1. The van der Waals surface area contributed by atoms with Crippen LogP contribution in [0.3, 0.4) is 0 Å². The van der Waals surface area contributed by atoms with Gasteiger partial charge in [-0.2, -0.15) is 26.3 Å². The van der Waals surface area contributed by atoms with Gasteiger partial charge in [0, 0.05) is 31.8 Å². The van der Waals surface area contributed by atoms with E-state index in [4.69, 9.17) is 17.0 Å². The largest absolute Gasteiger partial charge is 0.443 e. The number of esters is 1. The predicted molar refractivity (Wildman–Crippen MR) is 109 cm³/mol. The second-order valence-corrected chi connectivity index (χ2v) is 7.61. The van der Waals surface area contributed by atoms with Crippen molar-refractivity contribution in [3.05, 3.63) is 74.8 Å². The fraction of sp³-hybridized carbons (Fsp3) is 0.300. The number of nitro groups is 1. The topological polar surface area (TPSA) is 72.7 Å². The van der Waals surface area contributed by atoms with Crippen LogP contribution in [-0.4, -0.2) is 34.9 Å². The number of carbonyl (C=O) groups excluding carboxylic acids is 1. The van der Waals surface area contributed by atoms with Crippen LogP contribution >= 0.6 is 12.2 Å². The van der Waals surface area contributed by atoms with E-state index in [1.807, 2.05) is 0 Å². The zero-order chi connectivity index (χ0) is 25.4. The summed E-state index contributed by atoms with van der Waals surface area (Å²) in [6.07, 6.45) is -10.3. The van der Waals surface area contributed by atoms with Crippen LogP contribution in [-0.2, 0) is 22.7 Å². The zero-order valence-corrected chi connectivity index (χ0v) is 18.1. The van der Waals surface area contributed by atoms with Crippen LogP contribution in [0.1, 0.15) is 34.0 Å². The van der Waals surface area contributed by atoms with Gasteiger partial charge in [0.1, 0.15) is 4.99 Å². The number of rotatable bonds is 5. The number of likely N-dealkylation sites (N-methyl/N-ethyl adjacent to an activating group) is 1. The number of benzene rings is 2. The molecule has 0 bridgehead atoms. The summed E-state index contributed by atoms with van der Waals surface area (Å²) in [5.41, 5.74) is -6.65. The first kappa shape index (κ1) is 26.0. The SMILES string of the molecule is CN(C)C(=S)C(C)(OC(=O)c1ccc([N+](=O)[O-])cc1)c1cc(C(F)(F)F)cc(C(F)(F)F)c1. The van der Waals surface area contributed by atoms with Crippen molar-refractivity contribution in [2.45, 2.75) is 24.9 Å². The molecule has 13 heteroatoms. The first-order valence-electron chi connectivity index (χ1n) is 8.96. The molecule has 178 valence electrons. The van der Waals surface area contributed by atoms with Gasteiger partial charge in [0.2, 0.25) is 0 Å². The highest BCUT2D eigenvalue weighted by molar-refractivity contribution is 7.80. The normalized spacial score (nSPS) is 13.7. The molecule has 0 amide bonds. The van der Waals surface area contributed by atoms with E-state index in [0.717, 1.165) is 31.2 Å². The zero-order valence-electron chi connectivity index (χ0n) is 17.2. The van der Waals surface area contributed by atoms with E-state index in [-0.39, 0.29) is 22.3 Å². The monoisotopic (exact) mass is 494 g/mol. The van der Waals surface area contributed by atoms with Crippen molar-refractivity contribution < 1.29 is 40.8 Å². The van der Waals surface area contributed by atoms with E-state index < -0.39 is 45.5 Å². The van der Waals surface area contributed by atoms with E-state index in [1.54, 1.807) is 0 Å². The smallest absolute Gasteiger partial charge is 0.416 e. The number of nitro benzene ring substituents is 1. The Labute approximate surface area is 188 Å². The van der Waals surface area contributed by atoms with Gasteiger partial charge in [-0.15, -0.1) is 0 Å². The van der Waals surface area contributed by atoms with Crippen LogP contribution in [0.5, 0.6) is 0 Å². The Morgan fingerprint density at radius 2 is 1.36 bits per heavy atom. The lowest BCUT2D eigenvalue weighted by atomic mass is 9.91. The molecule has 2 aromatic carbocycles. The summed E-state index contributed by atoms with van der Waals surface area (Å²) in [6.45, 7) is 1.06. The molecule has 0 aliphatic rings. The molecule has 0 aromatic heterocycles. The second kappa shape index (κ2) is 8.96. The third-order valence-electron chi connectivity index (χ3n) is 4.56. The third kappa shape index (κ3) is 5.78. The van der Waals surface area contributed by atoms with Gasteiger partial charge in [-0.05, 0) is 37.3 Å². The molecule has 2 rings (SSSR count). The molecule has 6 nitrogen and oxygen atoms in total. The van der Waals surface area contributed by atoms with Gasteiger partial charge in [0.15, 0.2) is 5.60 Å². The molecule has 0 N–H and O–H groups in total. The fourth-order valence-corrected chi connectivity index (χ4v) is 3.01. The number of nitrogens with zero attached hydrogens (tertiary/aromatic N) is 2. The highest BCUT2D eigenvalue weighted by atomic mass is 32.1. The van der Waals surface area contributed by atoms with Crippen molar-refractivity contribution in [3.8, 4) is 0 Å². The van der Waals surface area contributed by atoms with Crippen LogP contribution < -0.4 is 0 Å². The summed E-state index contributed by atoms with van der Waals surface area (Å²) in [4.78, 5) is 23.7. The van der Waals surface area contributed by atoms with E-state index in [0.29, 0.717) is 12.1 Å². The van der Waals surface area contributed by atoms with Crippen molar-refractivity contribution in [2.75, 3.05) is 14.1 Å². The van der Waals surface area contributed by atoms with Gasteiger partial charge in [-0.1, -0.05) is 12.2 Å². The van der Waals surface area contributed by atoms with Crippen molar-refractivity contribution >= 4 is 28.9 Å². The highest BCUT2D eigenvalue weighted by Crippen LogP contribution is 2.40. The molecule has 2 aromatic rings. The summed E-state index contributed by atoms with van der Waals surface area (Å²) in [6, 6.07) is 4.84. The maximum absolute atomic E-state index is 13.3. The van der Waals surface area contributed by atoms with Crippen molar-refractivity contribution in [2.24, 2.45) is 0 Å². The Morgan fingerprint density at radius 1 is 0.939 bits per heavy atom. The Balaban J connectivity index is 2.65. The average molecular weight is 494 g/mol. The van der Waals surface area contributed by atoms with E-state index in [1.165, 1.54) is 19.0 Å². The molecule has 33 heavy (non-hydrogen) atoms. The molecule has 1 atom stereocenters. The highest BCUT2D eigenvalue weighted by Gasteiger charge is 2.43. The van der Waals surface area contributed by atoms with Gasteiger partial charge in [-0.3, -0.25) is 10.1 Å². The number of thiocarbonyl (C=S) groups is 1. The molecule has 0 aliphatic carbocycles. The standard InChI is InChI=1S/C20H16F6N2O4S/c1-18(17(33)27(2)3,32-16(29)11-4-6-15(7-5-11)28(30)31)12-8-13(19(21,22)23)10-14(9-12)20(24,25)26/h4-10H,1-3H3. The van der Waals surface area contributed by atoms with Crippen LogP contribution in [0.4, 0.5) is 32.0 Å². The molecule has 0 radical (unpaired) electrons. The summed E-state index contributed by atoms with van der Waals surface area (Å²) in [5.74, 6) is -1.16. The van der Waals surface area contributed by atoms with Gasteiger partial charge in [-0.25, -0.2) is 4.79 Å². The molecule has 0 saturated carbocycles. The Kier molecular flexibility index (Phi) is 7.07. The number of halogens is 6. The van der Waals surface area contributed by atoms with Crippen molar-refractivity contribution in [1.82, 2.24) is 4.90 Å². The molecule has 0 heterocycles. The lowest BCUT2D eigenvalue weighted by Gasteiger charge is -2.34. The minimum Gasteiger partial charge on any atom is -0.443 e. The van der Waals surface area contributed by atoms with Gasteiger partial charge in [0.05, 0.1) is 21.6 Å². The third-order valence-corrected chi connectivity index (χ3v) is 5.32. The Hall–Kier alpha value is -3.22. The van der Waals surface area contributed by atoms with Crippen LogP contribution in [0.25, 0.3) is 0 Å². The van der Waals surface area contributed by atoms with E-state index in [9.17, 15) is 41.3 Å². The molecule has 0 spiro atoms. The van der Waals surface area contributed by atoms with Gasteiger partial charge < -0.3 is 9.64 Å². The van der Waals surface area contributed by atoms with Crippen molar-refractivity contribution in [1.29, 1.82) is 0 Å². The molecular weight excluding hydrogens is 478 g/mol. The quantitative estimate of drug-likeness (QED) is 0.177.